The molecule has 0 atom stereocenters. The fraction of sp³-hybridized carbons (Fsp3) is 0.261. The lowest BCUT2D eigenvalue weighted by atomic mass is 9.98. The molecule has 1 saturated heterocycles. The maximum atomic E-state index is 13.0. The minimum absolute atomic E-state index is 0.0261. The SMILES string of the molecule is Cn1cnc(-c2ccnc(Nc3cc(Cl)c4[nH]c(C(=O)N5CCC(C#N)CC5)cc4c3)n2)c1. The second-order valence-corrected chi connectivity index (χ2v) is 8.52. The molecule has 9 nitrogen and oxygen atoms in total. The molecule has 0 bridgehead atoms. The van der Waals surface area contributed by atoms with Gasteiger partial charge >= 0.3 is 0 Å². The van der Waals surface area contributed by atoms with Crippen molar-refractivity contribution in [1.82, 2.24) is 29.4 Å². The molecular weight excluding hydrogens is 440 g/mol. The average molecular weight is 461 g/mol. The Balaban J connectivity index is 1.38. The second kappa shape index (κ2) is 8.56. The van der Waals surface area contributed by atoms with Crippen LogP contribution in [0, 0.1) is 17.2 Å². The van der Waals surface area contributed by atoms with Gasteiger partial charge in [0.05, 0.1) is 28.6 Å². The molecule has 1 aromatic carbocycles. The molecule has 0 saturated carbocycles. The highest BCUT2D eigenvalue weighted by Crippen LogP contribution is 2.30. The van der Waals surface area contributed by atoms with E-state index in [0.29, 0.717) is 59.5 Å². The first kappa shape index (κ1) is 21.0. The van der Waals surface area contributed by atoms with E-state index in [1.807, 2.05) is 23.9 Å². The first-order chi connectivity index (χ1) is 16.0. The molecule has 4 heterocycles. The number of nitrogens with zero attached hydrogens (tertiary/aromatic N) is 6. The van der Waals surface area contributed by atoms with E-state index in [2.05, 4.69) is 31.3 Å². The van der Waals surface area contributed by atoms with Gasteiger partial charge in [0.1, 0.15) is 11.4 Å². The van der Waals surface area contributed by atoms with Gasteiger partial charge in [-0.3, -0.25) is 4.79 Å². The van der Waals surface area contributed by atoms with Gasteiger partial charge in [0.15, 0.2) is 0 Å². The number of rotatable bonds is 4. The van der Waals surface area contributed by atoms with Crippen LogP contribution in [-0.4, -0.2) is 48.4 Å². The van der Waals surface area contributed by atoms with Gasteiger partial charge in [-0.1, -0.05) is 11.6 Å². The molecule has 5 rings (SSSR count). The van der Waals surface area contributed by atoms with Crippen LogP contribution in [0.25, 0.3) is 22.3 Å². The normalized spacial score (nSPS) is 14.4. The van der Waals surface area contributed by atoms with Gasteiger partial charge in [0.25, 0.3) is 5.91 Å². The summed E-state index contributed by atoms with van der Waals surface area (Å²) in [5.41, 5.74) is 3.34. The van der Waals surface area contributed by atoms with Crippen LogP contribution in [0.4, 0.5) is 11.6 Å². The number of piperidine rings is 1. The Bertz CT molecular complexity index is 1380. The lowest BCUT2D eigenvalue weighted by Crippen LogP contribution is -2.38. The highest BCUT2D eigenvalue weighted by molar-refractivity contribution is 6.35. The number of nitriles is 1. The molecule has 33 heavy (non-hydrogen) atoms. The summed E-state index contributed by atoms with van der Waals surface area (Å²) in [6.45, 7) is 1.16. The minimum Gasteiger partial charge on any atom is -0.349 e. The van der Waals surface area contributed by atoms with Crippen LogP contribution in [0.1, 0.15) is 23.3 Å². The van der Waals surface area contributed by atoms with Gasteiger partial charge < -0.3 is 19.8 Å². The number of aromatic amines is 1. The van der Waals surface area contributed by atoms with Gasteiger partial charge in [-0.05, 0) is 37.1 Å². The fourth-order valence-corrected chi connectivity index (χ4v) is 4.28. The number of anilines is 2. The zero-order valence-corrected chi connectivity index (χ0v) is 18.7. The molecule has 4 aromatic rings. The summed E-state index contributed by atoms with van der Waals surface area (Å²) < 4.78 is 1.86. The topological polar surface area (TPSA) is 116 Å². The molecule has 3 aromatic heterocycles. The van der Waals surface area contributed by atoms with Crippen molar-refractivity contribution in [2.75, 3.05) is 18.4 Å². The van der Waals surface area contributed by atoms with Gasteiger partial charge in [0, 0.05) is 49.5 Å². The quantitative estimate of drug-likeness (QED) is 0.473. The maximum absolute atomic E-state index is 13.0. The lowest BCUT2D eigenvalue weighted by Gasteiger charge is -2.28. The van der Waals surface area contributed by atoms with Gasteiger partial charge in [-0.25, -0.2) is 15.0 Å². The summed E-state index contributed by atoms with van der Waals surface area (Å²) in [5.74, 6) is 0.360. The maximum Gasteiger partial charge on any atom is 0.270 e. The van der Waals surface area contributed by atoms with Crippen molar-refractivity contribution in [3.8, 4) is 17.5 Å². The Kier molecular flexibility index (Phi) is 5.44. The first-order valence-electron chi connectivity index (χ1n) is 10.6. The molecule has 2 N–H and O–H groups in total. The number of carbonyl (C=O) groups excluding carboxylic acids is 1. The van der Waals surface area contributed by atoms with Crippen molar-refractivity contribution in [2.45, 2.75) is 12.8 Å². The van der Waals surface area contributed by atoms with Gasteiger partial charge in [-0.2, -0.15) is 5.26 Å². The molecule has 10 heteroatoms. The van der Waals surface area contributed by atoms with Crippen LogP contribution in [-0.2, 0) is 7.05 Å². The number of likely N-dealkylation sites (tertiary alicyclic amines) is 1. The Hall–Kier alpha value is -3.90. The van der Waals surface area contributed by atoms with Crippen molar-refractivity contribution < 1.29 is 4.79 Å². The number of nitrogens with one attached hydrogen (secondary N) is 2. The van der Waals surface area contributed by atoms with E-state index < -0.39 is 0 Å². The predicted octanol–water partition coefficient (Wildman–Crippen LogP) is 4.13. The molecule has 0 unspecified atom stereocenters. The van der Waals surface area contributed by atoms with E-state index in [1.54, 1.807) is 35.6 Å². The number of carbonyl (C=O) groups is 1. The highest BCUT2D eigenvalue weighted by Gasteiger charge is 2.24. The van der Waals surface area contributed by atoms with Crippen molar-refractivity contribution in [2.24, 2.45) is 13.0 Å². The average Bonchev–Trinajstić information content (AvgIpc) is 3.46. The number of halogens is 1. The molecule has 1 fully saturated rings. The molecule has 166 valence electrons. The van der Waals surface area contributed by atoms with Gasteiger partial charge in [0.2, 0.25) is 5.95 Å². The van der Waals surface area contributed by atoms with E-state index in [4.69, 9.17) is 16.9 Å². The number of aryl methyl sites for hydroxylation is 1. The standard InChI is InChI=1S/C23H21ClN8O/c1-31-12-20(27-13-31)18-2-5-26-23(30-18)28-16-8-15-9-19(29-21(15)17(24)10-16)22(33)32-6-3-14(11-25)4-7-32/h2,5,8-10,12-14,29H,3-4,6-7H2,1H3,(H,26,28,30). The second-order valence-electron chi connectivity index (χ2n) is 8.12. The number of H-pyrrole nitrogens is 1. The zero-order chi connectivity index (χ0) is 22.9. The molecule has 0 radical (unpaired) electrons. The van der Waals surface area contributed by atoms with Crippen LogP contribution in [0.2, 0.25) is 5.02 Å². The van der Waals surface area contributed by atoms with Crippen LogP contribution >= 0.6 is 11.6 Å². The van der Waals surface area contributed by atoms with E-state index in [-0.39, 0.29) is 11.8 Å². The largest absolute Gasteiger partial charge is 0.349 e. The Morgan fingerprint density at radius 3 is 2.79 bits per heavy atom. The van der Waals surface area contributed by atoms with Crippen molar-refractivity contribution in [1.29, 1.82) is 5.26 Å². The predicted molar refractivity (Wildman–Crippen MR) is 125 cm³/mol. The molecule has 0 aliphatic carbocycles. The summed E-state index contributed by atoms with van der Waals surface area (Å²) in [6, 6.07) is 9.55. The first-order valence-corrected chi connectivity index (χ1v) is 11.0. The third kappa shape index (κ3) is 4.25. The molecule has 1 aliphatic heterocycles. The number of hydrogen-bond acceptors (Lipinski definition) is 6. The smallest absolute Gasteiger partial charge is 0.270 e. The fourth-order valence-electron chi connectivity index (χ4n) is 4.01. The van der Waals surface area contributed by atoms with E-state index >= 15 is 0 Å². The molecule has 0 spiro atoms. The Morgan fingerprint density at radius 2 is 2.06 bits per heavy atom. The number of benzene rings is 1. The number of aromatic nitrogens is 5. The third-order valence-corrected chi connectivity index (χ3v) is 6.05. The summed E-state index contributed by atoms with van der Waals surface area (Å²) in [4.78, 5) is 31.0. The van der Waals surface area contributed by atoms with E-state index in [0.717, 1.165) is 11.1 Å². The van der Waals surface area contributed by atoms with E-state index in [1.165, 1.54) is 0 Å². The van der Waals surface area contributed by atoms with Crippen LogP contribution in [0.3, 0.4) is 0 Å². The number of amides is 1. The summed E-state index contributed by atoms with van der Waals surface area (Å²) in [5, 5.41) is 13.5. The minimum atomic E-state index is -0.0837. The molecule has 1 amide bonds. The summed E-state index contributed by atoms with van der Waals surface area (Å²) in [6.07, 6.45) is 6.68. The van der Waals surface area contributed by atoms with Crippen molar-refractivity contribution >= 4 is 40.0 Å². The summed E-state index contributed by atoms with van der Waals surface area (Å²) in [7, 11) is 1.90. The number of imidazole rings is 1. The number of hydrogen-bond donors (Lipinski definition) is 2. The lowest BCUT2D eigenvalue weighted by molar-refractivity contribution is 0.0702. The Morgan fingerprint density at radius 1 is 1.24 bits per heavy atom. The Labute approximate surface area is 195 Å². The summed E-state index contributed by atoms with van der Waals surface area (Å²) >= 11 is 6.51. The van der Waals surface area contributed by atoms with Crippen LogP contribution in [0.15, 0.2) is 43.0 Å². The van der Waals surface area contributed by atoms with Gasteiger partial charge in [-0.15, -0.1) is 0 Å². The monoisotopic (exact) mass is 460 g/mol. The highest BCUT2D eigenvalue weighted by atomic mass is 35.5. The van der Waals surface area contributed by atoms with Crippen LogP contribution in [0.5, 0.6) is 0 Å². The zero-order valence-electron chi connectivity index (χ0n) is 17.9. The van der Waals surface area contributed by atoms with E-state index in [9.17, 15) is 4.79 Å². The molecule has 1 aliphatic rings. The van der Waals surface area contributed by atoms with Crippen LogP contribution < -0.4 is 5.32 Å². The molecular formula is C23H21ClN8O. The number of fused-ring (bicyclic) bond motifs is 1. The van der Waals surface area contributed by atoms with Crippen molar-refractivity contribution in [3.63, 3.8) is 0 Å². The van der Waals surface area contributed by atoms with Crippen molar-refractivity contribution in [3.05, 3.63) is 53.7 Å². The third-order valence-electron chi connectivity index (χ3n) is 5.75.